The van der Waals surface area contributed by atoms with Gasteiger partial charge in [0.1, 0.15) is 5.75 Å². The topological polar surface area (TPSA) is 126 Å². The molecule has 5 aromatic carbocycles. The molecule has 0 bridgehead atoms. The number of hydrazone groups is 1. The van der Waals surface area contributed by atoms with Gasteiger partial charge < -0.3 is 15.4 Å². The zero-order valence-electron chi connectivity index (χ0n) is 23.0. The van der Waals surface area contributed by atoms with E-state index in [1.54, 1.807) is 60.7 Å². The molecule has 0 radical (unpaired) electrons. The molecule has 0 unspecified atom stereocenters. The first-order valence-corrected chi connectivity index (χ1v) is 13.3. The molecular weight excluding hydrogens is 544 g/mol. The molecule has 0 spiro atoms. The van der Waals surface area contributed by atoms with Crippen LogP contribution in [0.5, 0.6) is 5.75 Å². The zero-order chi connectivity index (χ0) is 30.2. The summed E-state index contributed by atoms with van der Waals surface area (Å²) in [6.45, 7) is 1.91. The van der Waals surface area contributed by atoms with Gasteiger partial charge in [-0.1, -0.05) is 60.7 Å². The molecule has 0 saturated heterocycles. The van der Waals surface area contributed by atoms with E-state index in [4.69, 9.17) is 4.74 Å². The van der Waals surface area contributed by atoms with Gasteiger partial charge in [0.05, 0.1) is 23.0 Å². The molecule has 5 aromatic rings. The average molecular weight is 571 g/mol. The monoisotopic (exact) mass is 570 g/mol. The van der Waals surface area contributed by atoms with E-state index >= 15 is 0 Å². The summed E-state index contributed by atoms with van der Waals surface area (Å²) in [5.41, 5.74) is 5.16. The summed E-state index contributed by atoms with van der Waals surface area (Å²) in [5.74, 6) is -2.60. The smallest absolute Gasteiger partial charge is 0.344 e. The third-order valence-electron chi connectivity index (χ3n) is 6.38. The molecular formula is C34H26N4O5. The molecule has 0 heterocycles. The second-order valence-electron chi connectivity index (χ2n) is 9.51. The van der Waals surface area contributed by atoms with E-state index in [0.29, 0.717) is 22.6 Å². The lowest BCUT2D eigenvalue weighted by Gasteiger charge is -2.11. The van der Waals surface area contributed by atoms with Crippen molar-refractivity contribution >= 4 is 52.1 Å². The minimum absolute atomic E-state index is 0.172. The summed E-state index contributed by atoms with van der Waals surface area (Å²) in [6.07, 6.45) is 1.34. The maximum absolute atomic E-state index is 12.8. The van der Waals surface area contributed by atoms with Crippen molar-refractivity contribution in [3.8, 4) is 5.75 Å². The van der Waals surface area contributed by atoms with Crippen molar-refractivity contribution in [3.05, 3.63) is 138 Å². The lowest BCUT2D eigenvalue weighted by molar-refractivity contribution is -0.136. The molecule has 9 nitrogen and oxygen atoms in total. The number of nitrogens with zero attached hydrogens (tertiary/aromatic N) is 1. The van der Waals surface area contributed by atoms with Crippen molar-refractivity contribution in [3.63, 3.8) is 0 Å². The zero-order valence-corrected chi connectivity index (χ0v) is 23.0. The fourth-order valence-corrected chi connectivity index (χ4v) is 4.29. The highest BCUT2D eigenvalue weighted by molar-refractivity contribution is 6.40. The number of nitrogens with one attached hydrogen (secondary N) is 3. The molecule has 212 valence electrons. The van der Waals surface area contributed by atoms with Crippen LogP contribution in [-0.2, 0) is 9.59 Å². The van der Waals surface area contributed by atoms with Crippen LogP contribution < -0.4 is 20.8 Å². The number of carbonyl (C=O) groups excluding carboxylic acids is 4. The van der Waals surface area contributed by atoms with Crippen molar-refractivity contribution in [2.45, 2.75) is 6.92 Å². The van der Waals surface area contributed by atoms with Crippen molar-refractivity contribution in [2.75, 3.05) is 10.6 Å². The van der Waals surface area contributed by atoms with E-state index in [9.17, 15) is 19.2 Å². The molecule has 3 N–H and O–H groups in total. The van der Waals surface area contributed by atoms with E-state index in [-0.39, 0.29) is 11.3 Å². The van der Waals surface area contributed by atoms with E-state index in [1.807, 2.05) is 55.5 Å². The van der Waals surface area contributed by atoms with Gasteiger partial charge >= 0.3 is 17.8 Å². The number of rotatable bonds is 7. The minimum Gasteiger partial charge on any atom is -0.423 e. The number of fused-ring (bicyclic) bond motifs is 1. The second-order valence-corrected chi connectivity index (χ2v) is 9.51. The van der Waals surface area contributed by atoms with Gasteiger partial charge in [0.25, 0.3) is 5.91 Å². The number of amides is 3. The molecule has 0 saturated carbocycles. The minimum atomic E-state index is -1.02. The highest BCUT2D eigenvalue weighted by Crippen LogP contribution is 2.21. The van der Waals surface area contributed by atoms with Crippen LogP contribution in [-0.4, -0.2) is 29.9 Å². The third kappa shape index (κ3) is 7.17. The van der Waals surface area contributed by atoms with E-state index in [2.05, 4.69) is 21.2 Å². The average Bonchev–Trinajstić information content (AvgIpc) is 3.01. The van der Waals surface area contributed by atoms with Crippen LogP contribution in [0.3, 0.4) is 0 Å². The number of para-hydroxylation sites is 1. The predicted molar refractivity (Wildman–Crippen MR) is 165 cm³/mol. The Kier molecular flexibility index (Phi) is 8.63. The van der Waals surface area contributed by atoms with Gasteiger partial charge in [-0.05, 0) is 83.4 Å². The van der Waals surface area contributed by atoms with Crippen molar-refractivity contribution in [1.29, 1.82) is 0 Å². The molecule has 0 aliphatic heterocycles. The van der Waals surface area contributed by atoms with Gasteiger partial charge in [-0.25, -0.2) is 10.2 Å². The normalized spacial score (nSPS) is 10.7. The standard InChI is InChI=1S/C34H26N4O5/c1-22-8-6-11-25(20-22)36-31(39)29-13-4-5-15-30(29)37-32(40)33(41)38-35-21-23-16-18-26(19-17-23)43-34(42)28-14-7-10-24-9-2-3-12-27(24)28/h2-21H,1H3,(H,36,39)(H,37,40)(H,38,41)/b35-21-. The summed E-state index contributed by atoms with van der Waals surface area (Å²) in [4.78, 5) is 50.4. The molecule has 3 amide bonds. The number of ether oxygens (including phenoxy) is 1. The van der Waals surface area contributed by atoms with E-state index < -0.39 is 23.7 Å². The summed E-state index contributed by atoms with van der Waals surface area (Å²) in [6, 6.07) is 33.1. The number of aryl methyl sites for hydroxylation is 1. The van der Waals surface area contributed by atoms with Gasteiger partial charge in [-0.3, -0.25) is 14.4 Å². The predicted octanol–water partition coefficient (Wildman–Crippen LogP) is 5.71. The molecule has 0 atom stereocenters. The number of anilines is 2. The molecule has 5 rings (SSSR count). The van der Waals surface area contributed by atoms with Crippen LogP contribution in [0.4, 0.5) is 11.4 Å². The maximum Gasteiger partial charge on any atom is 0.344 e. The van der Waals surface area contributed by atoms with Crippen LogP contribution in [0.1, 0.15) is 31.8 Å². The Morgan fingerprint density at radius 1 is 0.698 bits per heavy atom. The molecule has 0 aliphatic rings. The summed E-state index contributed by atoms with van der Waals surface area (Å²) in [5, 5.41) is 10.8. The van der Waals surface area contributed by atoms with E-state index in [0.717, 1.165) is 16.3 Å². The fourth-order valence-electron chi connectivity index (χ4n) is 4.29. The Morgan fingerprint density at radius 3 is 2.21 bits per heavy atom. The highest BCUT2D eigenvalue weighted by Gasteiger charge is 2.18. The summed E-state index contributed by atoms with van der Waals surface area (Å²) >= 11 is 0. The first kappa shape index (κ1) is 28.4. The van der Waals surface area contributed by atoms with Crippen LogP contribution in [0, 0.1) is 6.92 Å². The Labute approximate surface area is 247 Å². The lowest BCUT2D eigenvalue weighted by Crippen LogP contribution is -2.33. The third-order valence-corrected chi connectivity index (χ3v) is 6.38. The van der Waals surface area contributed by atoms with Crippen molar-refractivity contribution in [1.82, 2.24) is 5.43 Å². The van der Waals surface area contributed by atoms with Gasteiger partial charge in [0.2, 0.25) is 0 Å². The molecule has 0 aromatic heterocycles. The molecule has 43 heavy (non-hydrogen) atoms. The number of hydrogen-bond acceptors (Lipinski definition) is 6. The first-order valence-electron chi connectivity index (χ1n) is 13.3. The van der Waals surface area contributed by atoms with Crippen molar-refractivity contribution < 1.29 is 23.9 Å². The second kappa shape index (κ2) is 13.0. The first-order chi connectivity index (χ1) is 20.9. The number of carbonyl (C=O) groups is 4. The Morgan fingerprint density at radius 2 is 1.40 bits per heavy atom. The van der Waals surface area contributed by atoms with Crippen LogP contribution in [0.15, 0.2) is 120 Å². The van der Waals surface area contributed by atoms with Crippen molar-refractivity contribution in [2.24, 2.45) is 5.10 Å². The maximum atomic E-state index is 12.8. The molecule has 9 heteroatoms. The van der Waals surface area contributed by atoms with Gasteiger partial charge in [-0.2, -0.15) is 5.10 Å². The SMILES string of the molecule is Cc1cccc(NC(=O)c2ccccc2NC(=O)C(=O)N/N=C\c2ccc(OC(=O)c3cccc4ccccc34)cc2)c1. The number of benzene rings is 5. The Bertz CT molecular complexity index is 1860. The van der Waals surface area contributed by atoms with Crippen LogP contribution >= 0.6 is 0 Å². The van der Waals surface area contributed by atoms with E-state index in [1.165, 1.54) is 12.3 Å². The number of hydrogen-bond donors (Lipinski definition) is 3. The van der Waals surface area contributed by atoms with Crippen LogP contribution in [0.2, 0.25) is 0 Å². The molecule has 0 fully saturated rings. The Balaban J connectivity index is 1.15. The number of esters is 1. The lowest BCUT2D eigenvalue weighted by atomic mass is 10.0. The Hall–Kier alpha value is -6.09. The highest BCUT2D eigenvalue weighted by atomic mass is 16.5. The summed E-state index contributed by atoms with van der Waals surface area (Å²) < 4.78 is 5.52. The summed E-state index contributed by atoms with van der Waals surface area (Å²) in [7, 11) is 0. The van der Waals surface area contributed by atoms with Gasteiger partial charge in [-0.15, -0.1) is 0 Å². The van der Waals surface area contributed by atoms with Gasteiger partial charge in [0, 0.05) is 5.69 Å². The molecule has 0 aliphatic carbocycles. The fraction of sp³-hybridized carbons (Fsp3) is 0.0294. The largest absolute Gasteiger partial charge is 0.423 e. The van der Waals surface area contributed by atoms with Crippen LogP contribution in [0.25, 0.3) is 10.8 Å². The quantitative estimate of drug-likeness (QED) is 0.0760. The van der Waals surface area contributed by atoms with Gasteiger partial charge in [0.15, 0.2) is 0 Å².